The van der Waals surface area contributed by atoms with Gasteiger partial charge in [0.2, 0.25) is 0 Å². The third-order valence-corrected chi connectivity index (χ3v) is 3.39. The van der Waals surface area contributed by atoms with Gasteiger partial charge < -0.3 is 20.3 Å². The van der Waals surface area contributed by atoms with Crippen LogP contribution in [0.2, 0.25) is 0 Å². The summed E-state index contributed by atoms with van der Waals surface area (Å²) in [6.45, 7) is 8.79. The molecule has 2 atom stereocenters. The fraction of sp³-hybridized carbons (Fsp3) is 0.625. The third-order valence-electron chi connectivity index (χ3n) is 3.39. The van der Waals surface area contributed by atoms with Crippen molar-refractivity contribution in [1.29, 1.82) is 0 Å². The van der Waals surface area contributed by atoms with Gasteiger partial charge in [0.1, 0.15) is 18.5 Å². The van der Waals surface area contributed by atoms with Crippen LogP contribution in [0.3, 0.4) is 0 Å². The lowest BCUT2D eigenvalue weighted by Gasteiger charge is -2.22. The Morgan fingerprint density at radius 1 is 1.25 bits per heavy atom. The molecule has 1 aromatic carbocycles. The standard InChI is InChI=1S/C16H27NO3/c1-11(2)15(9-18)17-8-14(19)10-20-16-7-12(3)5-6-13(16)4/h5-7,11,14-15,17-19H,8-10H2,1-4H3. The number of aliphatic hydroxyl groups excluding tert-OH is 2. The van der Waals surface area contributed by atoms with Crippen LogP contribution in [0.25, 0.3) is 0 Å². The largest absolute Gasteiger partial charge is 0.491 e. The molecule has 20 heavy (non-hydrogen) atoms. The molecule has 0 saturated heterocycles. The fourth-order valence-electron chi connectivity index (χ4n) is 1.91. The molecule has 0 saturated carbocycles. The minimum Gasteiger partial charge on any atom is -0.491 e. The van der Waals surface area contributed by atoms with E-state index >= 15 is 0 Å². The number of nitrogens with one attached hydrogen (secondary N) is 1. The maximum atomic E-state index is 9.93. The monoisotopic (exact) mass is 281 g/mol. The van der Waals surface area contributed by atoms with Gasteiger partial charge in [-0.05, 0) is 37.0 Å². The van der Waals surface area contributed by atoms with E-state index in [2.05, 4.69) is 5.32 Å². The van der Waals surface area contributed by atoms with Crippen LogP contribution in [-0.4, -0.2) is 42.1 Å². The number of ether oxygens (including phenoxy) is 1. The second-order valence-corrected chi connectivity index (χ2v) is 5.68. The van der Waals surface area contributed by atoms with E-state index in [1.54, 1.807) is 0 Å². The second kappa shape index (κ2) is 8.25. The normalized spacial score (nSPS) is 14.3. The molecule has 4 heteroatoms. The Bertz CT molecular complexity index is 407. The smallest absolute Gasteiger partial charge is 0.122 e. The van der Waals surface area contributed by atoms with E-state index in [4.69, 9.17) is 4.74 Å². The molecule has 3 N–H and O–H groups in total. The fourth-order valence-corrected chi connectivity index (χ4v) is 1.91. The van der Waals surface area contributed by atoms with Gasteiger partial charge in [0.25, 0.3) is 0 Å². The molecule has 0 heterocycles. The number of aryl methyl sites for hydroxylation is 2. The Morgan fingerprint density at radius 2 is 1.95 bits per heavy atom. The van der Waals surface area contributed by atoms with E-state index < -0.39 is 6.10 Å². The van der Waals surface area contributed by atoms with Crippen LogP contribution in [-0.2, 0) is 0 Å². The van der Waals surface area contributed by atoms with E-state index in [9.17, 15) is 10.2 Å². The SMILES string of the molecule is Cc1ccc(C)c(OCC(O)CNC(CO)C(C)C)c1. The quantitative estimate of drug-likeness (QED) is 0.678. The maximum Gasteiger partial charge on any atom is 0.122 e. The first-order chi connectivity index (χ1) is 9.43. The molecule has 2 unspecified atom stereocenters. The molecule has 0 radical (unpaired) electrons. The zero-order valence-corrected chi connectivity index (χ0v) is 12.9. The van der Waals surface area contributed by atoms with Gasteiger partial charge in [-0.25, -0.2) is 0 Å². The predicted molar refractivity (Wildman–Crippen MR) is 81.1 cm³/mol. The Hall–Kier alpha value is -1.10. The van der Waals surface area contributed by atoms with E-state index in [1.807, 2.05) is 45.9 Å². The molecular formula is C16H27NO3. The predicted octanol–water partition coefficient (Wildman–Crippen LogP) is 1.65. The summed E-state index contributed by atoms with van der Waals surface area (Å²) in [5.41, 5.74) is 2.20. The summed E-state index contributed by atoms with van der Waals surface area (Å²) in [5.74, 6) is 1.14. The van der Waals surface area contributed by atoms with Crippen LogP contribution in [0.15, 0.2) is 18.2 Å². The van der Waals surface area contributed by atoms with Gasteiger partial charge in [-0.15, -0.1) is 0 Å². The van der Waals surface area contributed by atoms with Crippen molar-refractivity contribution in [2.24, 2.45) is 5.92 Å². The van der Waals surface area contributed by atoms with Crippen LogP contribution < -0.4 is 10.1 Å². The number of hydrogen-bond donors (Lipinski definition) is 3. The number of aliphatic hydroxyl groups is 2. The lowest BCUT2D eigenvalue weighted by atomic mass is 10.1. The zero-order valence-electron chi connectivity index (χ0n) is 12.9. The molecule has 0 fully saturated rings. The summed E-state index contributed by atoms with van der Waals surface area (Å²) < 4.78 is 5.65. The molecule has 0 bridgehead atoms. The molecule has 0 aliphatic carbocycles. The van der Waals surface area contributed by atoms with Gasteiger partial charge in [-0.2, -0.15) is 0 Å². The van der Waals surface area contributed by atoms with Crippen molar-refractivity contribution in [3.63, 3.8) is 0 Å². The van der Waals surface area contributed by atoms with E-state index in [0.717, 1.165) is 16.9 Å². The minimum absolute atomic E-state index is 0.00496. The first-order valence-corrected chi connectivity index (χ1v) is 7.16. The molecule has 1 rings (SSSR count). The number of hydrogen-bond acceptors (Lipinski definition) is 4. The molecular weight excluding hydrogens is 254 g/mol. The first-order valence-electron chi connectivity index (χ1n) is 7.16. The zero-order chi connectivity index (χ0) is 15.1. The molecule has 1 aromatic rings. The maximum absolute atomic E-state index is 9.93. The molecule has 0 aliphatic heterocycles. The highest BCUT2D eigenvalue weighted by Gasteiger charge is 2.14. The van der Waals surface area contributed by atoms with Gasteiger partial charge in [0, 0.05) is 12.6 Å². The average molecular weight is 281 g/mol. The lowest BCUT2D eigenvalue weighted by Crippen LogP contribution is -2.42. The van der Waals surface area contributed by atoms with Crippen molar-refractivity contribution in [2.45, 2.75) is 39.8 Å². The summed E-state index contributed by atoms with van der Waals surface area (Å²) in [4.78, 5) is 0. The minimum atomic E-state index is -0.595. The Balaban J connectivity index is 2.39. The molecule has 0 aromatic heterocycles. The second-order valence-electron chi connectivity index (χ2n) is 5.68. The number of benzene rings is 1. The highest BCUT2D eigenvalue weighted by atomic mass is 16.5. The van der Waals surface area contributed by atoms with E-state index in [1.165, 1.54) is 0 Å². The molecule has 0 spiro atoms. The Labute approximate surface area is 121 Å². The Morgan fingerprint density at radius 3 is 2.55 bits per heavy atom. The first kappa shape index (κ1) is 17.0. The van der Waals surface area contributed by atoms with Crippen LogP contribution >= 0.6 is 0 Å². The van der Waals surface area contributed by atoms with Crippen LogP contribution in [0.1, 0.15) is 25.0 Å². The van der Waals surface area contributed by atoms with Crippen molar-refractivity contribution in [2.75, 3.05) is 19.8 Å². The summed E-state index contributed by atoms with van der Waals surface area (Å²) in [6, 6.07) is 6.02. The average Bonchev–Trinajstić information content (AvgIpc) is 2.40. The van der Waals surface area contributed by atoms with Gasteiger partial charge in [0.05, 0.1) is 6.61 Å². The van der Waals surface area contributed by atoms with Gasteiger partial charge in [0.15, 0.2) is 0 Å². The molecule has 0 aliphatic rings. The third kappa shape index (κ3) is 5.49. The Kier molecular flexibility index (Phi) is 6.99. The lowest BCUT2D eigenvalue weighted by molar-refractivity contribution is 0.0958. The summed E-state index contributed by atoms with van der Waals surface area (Å²) in [5, 5.41) is 22.3. The van der Waals surface area contributed by atoms with Crippen molar-refractivity contribution < 1.29 is 14.9 Å². The van der Waals surface area contributed by atoms with Gasteiger partial charge in [-0.3, -0.25) is 0 Å². The topological polar surface area (TPSA) is 61.7 Å². The summed E-state index contributed by atoms with van der Waals surface area (Å²) >= 11 is 0. The van der Waals surface area contributed by atoms with Crippen LogP contribution in [0.4, 0.5) is 0 Å². The van der Waals surface area contributed by atoms with E-state index in [0.29, 0.717) is 12.5 Å². The number of rotatable bonds is 8. The van der Waals surface area contributed by atoms with Gasteiger partial charge in [-0.1, -0.05) is 26.0 Å². The van der Waals surface area contributed by atoms with Crippen LogP contribution in [0, 0.1) is 19.8 Å². The van der Waals surface area contributed by atoms with Crippen molar-refractivity contribution >= 4 is 0 Å². The van der Waals surface area contributed by atoms with Crippen molar-refractivity contribution in [1.82, 2.24) is 5.32 Å². The van der Waals surface area contributed by atoms with Crippen molar-refractivity contribution in [3.05, 3.63) is 29.3 Å². The molecule has 0 amide bonds. The van der Waals surface area contributed by atoms with Crippen molar-refractivity contribution in [3.8, 4) is 5.75 Å². The molecule has 114 valence electrons. The van der Waals surface area contributed by atoms with Crippen LogP contribution in [0.5, 0.6) is 5.75 Å². The summed E-state index contributed by atoms with van der Waals surface area (Å²) in [6.07, 6.45) is -0.595. The molecule has 4 nitrogen and oxygen atoms in total. The highest BCUT2D eigenvalue weighted by Crippen LogP contribution is 2.19. The van der Waals surface area contributed by atoms with E-state index in [-0.39, 0.29) is 19.3 Å². The summed E-state index contributed by atoms with van der Waals surface area (Å²) in [7, 11) is 0. The van der Waals surface area contributed by atoms with Gasteiger partial charge >= 0.3 is 0 Å². The highest BCUT2D eigenvalue weighted by molar-refractivity contribution is 5.35.